The van der Waals surface area contributed by atoms with Gasteiger partial charge in [-0.2, -0.15) is 11.8 Å². The molecule has 1 fully saturated rings. The summed E-state index contributed by atoms with van der Waals surface area (Å²) in [6, 6.07) is 4.50. The van der Waals surface area contributed by atoms with Gasteiger partial charge in [-0.25, -0.2) is 4.39 Å². The first-order valence-corrected chi connectivity index (χ1v) is 9.94. The molecule has 2 atom stereocenters. The average Bonchev–Trinajstić information content (AvgIpc) is 2.50. The van der Waals surface area contributed by atoms with Crippen molar-refractivity contribution in [3.05, 3.63) is 34.6 Å². The van der Waals surface area contributed by atoms with Crippen LogP contribution in [-0.4, -0.2) is 40.6 Å². The predicted octanol–water partition coefficient (Wildman–Crippen LogP) is 4.94. The van der Waals surface area contributed by atoms with Crippen LogP contribution in [0.15, 0.2) is 18.2 Å². The van der Waals surface area contributed by atoms with Crippen LogP contribution in [0.4, 0.5) is 4.39 Å². The van der Waals surface area contributed by atoms with E-state index < -0.39 is 5.82 Å². The van der Waals surface area contributed by atoms with Crippen LogP contribution in [0.2, 0.25) is 5.02 Å². The van der Waals surface area contributed by atoms with Gasteiger partial charge in [-0.1, -0.05) is 52.3 Å². The summed E-state index contributed by atoms with van der Waals surface area (Å²) in [7, 11) is 0. The highest BCUT2D eigenvalue weighted by atomic mass is 35.5. The van der Waals surface area contributed by atoms with Crippen LogP contribution in [0.3, 0.4) is 0 Å². The molecule has 0 saturated carbocycles. The van der Waals surface area contributed by atoms with Gasteiger partial charge >= 0.3 is 0 Å². The largest absolute Gasteiger partial charge is 0.369 e. The SMILES string of the molecule is CC(C)C(CSC(C)(C)C)N1C(=O)COCC1c1ccc(Cl)c(F)c1. The second-order valence-corrected chi connectivity index (χ2v) is 9.99. The molecule has 1 amide bonds. The van der Waals surface area contributed by atoms with Gasteiger partial charge in [0.25, 0.3) is 0 Å². The number of carbonyl (C=O) groups is 1. The van der Waals surface area contributed by atoms with Crippen LogP contribution >= 0.6 is 23.4 Å². The summed E-state index contributed by atoms with van der Waals surface area (Å²) >= 11 is 7.65. The smallest absolute Gasteiger partial charge is 0.249 e. The van der Waals surface area contributed by atoms with Gasteiger partial charge in [0.15, 0.2) is 0 Å². The molecule has 0 N–H and O–H groups in total. The Balaban J connectivity index is 2.33. The van der Waals surface area contributed by atoms with E-state index >= 15 is 0 Å². The lowest BCUT2D eigenvalue weighted by Gasteiger charge is -2.43. The molecule has 3 nitrogen and oxygen atoms in total. The van der Waals surface area contributed by atoms with Crippen molar-refractivity contribution < 1.29 is 13.9 Å². The third-order valence-corrected chi connectivity index (χ3v) is 5.95. The van der Waals surface area contributed by atoms with Gasteiger partial charge in [0, 0.05) is 16.5 Å². The van der Waals surface area contributed by atoms with Crippen molar-refractivity contribution in [1.82, 2.24) is 4.90 Å². The molecular formula is C19H27ClFNO2S. The lowest BCUT2D eigenvalue weighted by atomic mass is 9.97. The van der Waals surface area contributed by atoms with E-state index in [-0.39, 0.29) is 40.3 Å². The summed E-state index contributed by atoms with van der Waals surface area (Å²) in [6.07, 6.45) is 0. The van der Waals surface area contributed by atoms with Crippen LogP contribution in [0.1, 0.15) is 46.2 Å². The molecular weight excluding hydrogens is 361 g/mol. The molecule has 0 radical (unpaired) electrons. The normalized spacial score (nSPS) is 20.2. The topological polar surface area (TPSA) is 29.5 Å². The van der Waals surface area contributed by atoms with E-state index in [9.17, 15) is 9.18 Å². The Hall–Kier alpha value is -0.780. The van der Waals surface area contributed by atoms with Gasteiger partial charge in [0.1, 0.15) is 12.4 Å². The minimum Gasteiger partial charge on any atom is -0.369 e. The fraction of sp³-hybridized carbons (Fsp3) is 0.632. The zero-order valence-electron chi connectivity index (χ0n) is 15.5. The highest BCUT2D eigenvalue weighted by Crippen LogP contribution is 2.34. The van der Waals surface area contributed by atoms with Crippen molar-refractivity contribution in [2.24, 2.45) is 5.92 Å². The summed E-state index contributed by atoms with van der Waals surface area (Å²) in [5, 5.41) is 0.0852. The van der Waals surface area contributed by atoms with Crippen LogP contribution in [0.25, 0.3) is 0 Å². The summed E-state index contributed by atoms with van der Waals surface area (Å²) in [5.41, 5.74) is 0.723. The van der Waals surface area contributed by atoms with Gasteiger partial charge in [0.2, 0.25) is 5.91 Å². The standard InChI is InChI=1S/C19H27ClFNO2S/c1-12(2)17(11-25-19(3,4)5)22-16(9-24-10-18(22)23)13-6-7-14(20)15(21)8-13/h6-8,12,16-17H,9-11H2,1-5H3. The minimum absolute atomic E-state index is 0.0418. The number of thioether (sulfide) groups is 1. The third-order valence-electron chi connectivity index (χ3n) is 4.27. The summed E-state index contributed by atoms with van der Waals surface area (Å²) in [5.74, 6) is 0.609. The van der Waals surface area contributed by atoms with E-state index in [1.54, 1.807) is 6.07 Å². The second-order valence-electron chi connectivity index (χ2n) is 7.74. The number of hydrogen-bond acceptors (Lipinski definition) is 3. The maximum Gasteiger partial charge on any atom is 0.249 e. The molecule has 0 spiro atoms. The Labute approximate surface area is 159 Å². The molecule has 1 aliphatic heterocycles. The molecule has 1 heterocycles. The Morgan fingerprint density at radius 1 is 1.40 bits per heavy atom. The third kappa shape index (κ3) is 5.35. The number of ether oxygens (including phenoxy) is 1. The van der Waals surface area contributed by atoms with E-state index in [1.807, 2.05) is 16.7 Å². The Morgan fingerprint density at radius 3 is 2.64 bits per heavy atom. The van der Waals surface area contributed by atoms with E-state index in [0.717, 1.165) is 11.3 Å². The van der Waals surface area contributed by atoms with Gasteiger partial charge in [-0.05, 0) is 23.6 Å². The highest BCUT2D eigenvalue weighted by molar-refractivity contribution is 8.00. The lowest BCUT2D eigenvalue weighted by Crippen LogP contribution is -2.52. The van der Waals surface area contributed by atoms with E-state index in [0.29, 0.717) is 6.61 Å². The lowest BCUT2D eigenvalue weighted by molar-refractivity contribution is -0.153. The summed E-state index contributed by atoms with van der Waals surface area (Å²) in [4.78, 5) is 14.6. The summed E-state index contributed by atoms with van der Waals surface area (Å²) < 4.78 is 19.5. The highest BCUT2D eigenvalue weighted by Gasteiger charge is 2.37. The minimum atomic E-state index is -0.470. The fourth-order valence-electron chi connectivity index (χ4n) is 2.91. The zero-order chi connectivity index (χ0) is 18.8. The van der Waals surface area contributed by atoms with E-state index in [4.69, 9.17) is 16.3 Å². The molecule has 1 aromatic carbocycles. The quantitative estimate of drug-likeness (QED) is 0.717. The molecule has 1 aliphatic rings. The number of hydrogen-bond donors (Lipinski definition) is 0. The first-order valence-electron chi connectivity index (χ1n) is 8.58. The number of amides is 1. The van der Waals surface area contributed by atoms with E-state index in [1.165, 1.54) is 12.1 Å². The van der Waals surface area contributed by atoms with Gasteiger partial charge in [0.05, 0.1) is 17.7 Å². The van der Waals surface area contributed by atoms with Gasteiger partial charge in [-0.3, -0.25) is 4.79 Å². The molecule has 140 valence electrons. The van der Waals surface area contributed by atoms with Gasteiger partial charge < -0.3 is 9.64 Å². The van der Waals surface area contributed by atoms with Crippen LogP contribution in [0, 0.1) is 11.7 Å². The van der Waals surface area contributed by atoms with Crippen LogP contribution in [-0.2, 0) is 9.53 Å². The molecule has 25 heavy (non-hydrogen) atoms. The van der Waals surface area contributed by atoms with Crippen LogP contribution < -0.4 is 0 Å². The Bertz CT molecular complexity index is 618. The second kappa shape index (κ2) is 8.28. The molecule has 2 rings (SSSR count). The first kappa shape index (κ1) is 20.5. The molecule has 2 unspecified atom stereocenters. The molecule has 1 saturated heterocycles. The summed E-state index contributed by atoms with van der Waals surface area (Å²) in [6.45, 7) is 11.2. The number of rotatable bonds is 5. The van der Waals surface area contributed by atoms with Crippen molar-refractivity contribution in [2.45, 2.75) is 51.4 Å². The van der Waals surface area contributed by atoms with Crippen molar-refractivity contribution in [1.29, 1.82) is 0 Å². The number of benzene rings is 1. The molecule has 0 aliphatic carbocycles. The number of nitrogens with zero attached hydrogens (tertiary/aromatic N) is 1. The fourth-order valence-corrected chi connectivity index (χ4v) is 4.24. The maximum absolute atomic E-state index is 13.9. The first-order chi connectivity index (χ1) is 11.6. The zero-order valence-corrected chi connectivity index (χ0v) is 17.1. The van der Waals surface area contributed by atoms with Crippen molar-refractivity contribution in [3.8, 4) is 0 Å². The Kier molecular flexibility index (Phi) is 6.80. The number of halogens is 2. The Morgan fingerprint density at radius 2 is 2.08 bits per heavy atom. The molecule has 0 aromatic heterocycles. The molecule has 0 bridgehead atoms. The average molecular weight is 388 g/mol. The van der Waals surface area contributed by atoms with Crippen molar-refractivity contribution in [3.63, 3.8) is 0 Å². The number of morpholine rings is 1. The molecule has 1 aromatic rings. The van der Waals surface area contributed by atoms with Crippen molar-refractivity contribution in [2.75, 3.05) is 19.0 Å². The van der Waals surface area contributed by atoms with Gasteiger partial charge in [-0.15, -0.1) is 0 Å². The monoisotopic (exact) mass is 387 g/mol. The molecule has 6 heteroatoms. The van der Waals surface area contributed by atoms with Crippen LogP contribution in [0.5, 0.6) is 0 Å². The number of carbonyl (C=O) groups excluding carboxylic acids is 1. The maximum atomic E-state index is 13.9. The van der Waals surface area contributed by atoms with Crippen molar-refractivity contribution >= 4 is 29.3 Å². The predicted molar refractivity (Wildman–Crippen MR) is 103 cm³/mol. The van der Waals surface area contributed by atoms with E-state index in [2.05, 4.69) is 34.6 Å².